The lowest BCUT2D eigenvalue weighted by molar-refractivity contribution is -0.124. The molecule has 1 aromatic heterocycles. The molecule has 0 aliphatic carbocycles. The summed E-state index contributed by atoms with van der Waals surface area (Å²) in [4.78, 5) is 16.2. The maximum absolute atomic E-state index is 12.4. The average molecular weight is 318 g/mol. The lowest BCUT2D eigenvalue weighted by atomic mass is 10.0. The zero-order valence-electron chi connectivity index (χ0n) is 14.0. The van der Waals surface area contributed by atoms with Crippen LogP contribution < -0.4 is 14.8 Å². The van der Waals surface area contributed by atoms with Gasteiger partial charge in [-0.15, -0.1) is 0 Å². The summed E-state index contributed by atoms with van der Waals surface area (Å²) >= 11 is 0. The number of nitrogens with zero attached hydrogens (tertiary/aromatic N) is 3. The molecule has 0 saturated carbocycles. The normalized spacial score (nSPS) is 13.3. The lowest BCUT2D eigenvalue weighted by Gasteiger charge is -2.21. The van der Waals surface area contributed by atoms with Crippen molar-refractivity contribution < 1.29 is 14.3 Å². The topological polar surface area (TPSA) is 78.3 Å². The molecule has 23 heavy (non-hydrogen) atoms. The van der Waals surface area contributed by atoms with Crippen LogP contribution in [-0.4, -0.2) is 34.9 Å². The van der Waals surface area contributed by atoms with Crippen LogP contribution in [0, 0.1) is 6.92 Å². The first-order valence-corrected chi connectivity index (χ1v) is 7.35. The highest BCUT2D eigenvalue weighted by Gasteiger charge is 2.20. The lowest BCUT2D eigenvalue weighted by Crippen LogP contribution is -2.33. The van der Waals surface area contributed by atoms with E-state index in [9.17, 15) is 4.79 Å². The zero-order valence-corrected chi connectivity index (χ0v) is 14.0. The number of nitrogens with one attached hydrogen (secondary N) is 1. The average Bonchev–Trinajstić information content (AvgIpc) is 3.07. The molecular weight excluding hydrogens is 296 g/mol. The molecule has 0 spiro atoms. The van der Waals surface area contributed by atoms with Gasteiger partial charge in [-0.25, -0.2) is 9.67 Å². The Morgan fingerprint density at radius 3 is 2.43 bits per heavy atom. The van der Waals surface area contributed by atoms with E-state index >= 15 is 0 Å². The van der Waals surface area contributed by atoms with Crippen molar-refractivity contribution in [1.29, 1.82) is 0 Å². The van der Waals surface area contributed by atoms with Gasteiger partial charge in [-0.05, 0) is 44.0 Å². The van der Waals surface area contributed by atoms with E-state index in [1.165, 1.54) is 17.3 Å². The highest BCUT2D eigenvalue weighted by Crippen LogP contribution is 2.32. The molecule has 1 N–H and O–H groups in total. The van der Waals surface area contributed by atoms with Crippen molar-refractivity contribution in [2.75, 3.05) is 14.2 Å². The molecule has 1 amide bonds. The van der Waals surface area contributed by atoms with Crippen LogP contribution in [-0.2, 0) is 4.79 Å². The number of ether oxygens (including phenoxy) is 2. The Kier molecular flexibility index (Phi) is 5.20. The van der Waals surface area contributed by atoms with E-state index in [0.717, 1.165) is 11.1 Å². The summed E-state index contributed by atoms with van der Waals surface area (Å²) in [7, 11) is 3.19. The summed E-state index contributed by atoms with van der Waals surface area (Å²) in [6, 6.07) is 3.19. The molecule has 2 atom stereocenters. The maximum Gasteiger partial charge on any atom is 0.245 e. The van der Waals surface area contributed by atoms with E-state index in [-0.39, 0.29) is 11.9 Å². The summed E-state index contributed by atoms with van der Waals surface area (Å²) in [6.45, 7) is 5.68. The molecular formula is C16H22N4O3. The van der Waals surface area contributed by atoms with E-state index < -0.39 is 6.04 Å². The Labute approximate surface area is 135 Å². The molecule has 0 bridgehead atoms. The van der Waals surface area contributed by atoms with E-state index in [1.54, 1.807) is 21.1 Å². The fraction of sp³-hybridized carbons (Fsp3) is 0.438. The van der Waals surface area contributed by atoms with Crippen LogP contribution >= 0.6 is 0 Å². The number of aryl methyl sites for hydroxylation is 1. The third kappa shape index (κ3) is 3.61. The van der Waals surface area contributed by atoms with E-state index in [4.69, 9.17) is 9.47 Å². The van der Waals surface area contributed by atoms with Crippen LogP contribution in [0.3, 0.4) is 0 Å². The molecule has 124 valence electrons. The zero-order chi connectivity index (χ0) is 17.0. The molecule has 0 aliphatic rings. The van der Waals surface area contributed by atoms with Gasteiger partial charge in [0.25, 0.3) is 0 Å². The highest BCUT2D eigenvalue weighted by atomic mass is 16.5. The molecule has 7 heteroatoms. The number of hydrogen-bond donors (Lipinski definition) is 1. The first kappa shape index (κ1) is 16.8. The molecule has 0 saturated heterocycles. The van der Waals surface area contributed by atoms with Gasteiger partial charge in [0.1, 0.15) is 18.7 Å². The van der Waals surface area contributed by atoms with Crippen LogP contribution in [0.5, 0.6) is 11.5 Å². The number of carbonyl (C=O) groups excluding carboxylic acids is 1. The van der Waals surface area contributed by atoms with E-state index in [0.29, 0.717) is 11.5 Å². The maximum atomic E-state index is 12.4. The van der Waals surface area contributed by atoms with Crippen molar-refractivity contribution in [1.82, 2.24) is 20.1 Å². The second-order valence-electron chi connectivity index (χ2n) is 5.35. The Balaban J connectivity index is 2.17. The fourth-order valence-electron chi connectivity index (χ4n) is 2.41. The SMILES string of the molecule is COc1cc(C)c([C@@H](C)NC(=O)[C@@H](C)n2cncn2)cc1OC. The van der Waals surface area contributed by atoms with Crippen molar-refractivity contribution in [3.63, 3.8) is 0 Å². The number of rotatable bonds is 6. The Bertz CT molecular complexity index is 670. The van der Waals surface area contributed by atoms with Gasteiger partial charge in [-0.1, -0.05) is 0 Å². The number of methoxy groups -OCH3 is 2. The number of carbonyl (C=O) groups is 1. The quantitative estimate of drug-likeness (QED) is 0.882. The molecule has 2 rings (SSSR count). The summed E-state index contributed by atoms with van der Waals surface area (Å²) < 4.78 is 12.1. The predicted octanol–water partition coefficient (Wildman–Crippen LogP) is 2.04. The molecule has 0 unspecified atom stereocenters. The minimum Gasteiger partial charge on any atom is -0.493 e. The van der Waals surface area contributed by atoms with Crippen LogP contribution in [0.25, 0.3) is 0 Å². The monoisotopic (exact) mass is 318 g/mol. The number of hydrogen-bond acceptors (Lipinski definition) is 5. The van der Waals surface area contributed by atoms with Crippen LogP contribution in [0.1, 0.15) is 37.1 Å². The second kappa shape index (κ2) is 7.13. The fourth-order valence-corrected chi connectivity index (χ4v) is 2.41. The van der Waals surface area contributed by atoms with Crippen molar-refractivity contribution >= 4 is 5.91 Å². The van der Waals surface area contributed by atoms with Crippen molar-refractivity contribution in [3.8, 4) is 11.5 Å². The van der Waals surface area contributed by atoms with Gasteiger partial charge in [-0.2, -0.15) is 5.10 Å². The summed E-state index contributed by atoms with van der Waals surface area (Å²) in [5.41, 5.74) is 1.99. The first-order chi connectivity index (χ1) is 11.0. The Morgan fingerprint density at radius 1 is 1.22 bits per heavy atom. The minimum absolute atomic E-state index is 0.128. The van der Waals surface area contributed by atoms with Gasteiger partial charge in [0.05, 0.1) is 20.3 Å². The van der Waals surface area contributed by atoms with Crippen LogP contribution in [0.2, 0.25) is 0 Å². The molecule has 1 aromatic carbocycles. The van der Waals surface area contributed by atoms with E-state index in [2.05, 4.69) is 15.4 Å². The first-order valence-electron chi connectivity index (χ1n) is 7.35. The molecule has 0 aliphatic heterocycles. The molecule has 7 nitrogen and oxygen atoms in total. The van der Waals surface area contributed by atoms with Gasteiger partial charge < -0.3 is 14.8 Å². The largest absolute Gasteiger partial charge is 0.493 e. The number of amides is 1. The van der Waals surface area contributed by atoms with Gasteiger partial charge >= 0.3 is 0 Å². The molecule has 1 heterocycles. The van der Waals surface area contributed by atoms with Crippen molar-refractivity contribution in [2.45, 2.75) is 32.9 Å². The Morgan fingerprint density at radius 2 is 1.87 bits per heavy atom. The Hall–Kier alpha value is -2.57. The van der Waals surface area contributed by atoms with E-state index in [1.807, 2.05) is 26.0 Å². The van der Waals surface area contributed by atoms with Gasteiger partial charge in [-0.3, -0.25) is 4.79 Å². The second-order valence-corrected chi connectivity index (χ2v) is 5.35. The summed E-state index contributed by atoms with van der Waals surface area (Å²) in [5.74, 6) is 1.18. The molecule has 0 radical (unpaired) electrons. The smallest absolute Gasteiger partial charge is 0.245 e. The van der Waals surface area contributed by atoms with Crippen molar-refractivity contribution in [2.24, 2.45) is 0 Å². The molecule has 0 fully saturated rings. The predicted molar refractivity (Wildman–Crippen MR) is 85.6 cm³/mol. The highest BCUT2D eigenvalue weighted by molar-refractivity contribution is 5.80. The van der Waals surface area contributed by atoms with Crippen LogP contribution in [0.15, 0.2) is 24.8 Å². The molecule has 2 aromatic rings. The van der Waals surface area contributed by atoms with Crippen molar-refractivity contribution in [3.05, 3.63) is 35.9 Å². The van der Waals surface area contributed by atoms with Gasteiger partial charge in [0.2, 0.25) is 5.91 Å². The van der Waals surface area contributed by atoms with Gasteiger partial charge in [0, 0.05) is 0 Å². The minimum atomic E-state index is -0.430. The summed E-state index contributed by atoms with van der Waals surface area (Å²) in [6.07, 6.45) is 2.93. The number of aromatic nitrogens is 3. The van der Waals surface area contributed by atoms with Gasteiger partial charge in [0.15, 0.2) is 11.5 Å². The summed E-state index contributed by atoms with van der Waals surface area (Å²) in [5, 5.41) is 6.98. The van der Waals surface area contributed by atoms with Crippen LogP contribution in [0.4, 0.5) is 0 Å². The number of benzene rings is 1. The third-order valence-corrected chi connectivity index (χ3v) is 3.81. The standard InChI is InChI=1S/C16H22N4O3/c1-10-6-14(22-4)15(23-5)7-13(10)11(2)19-16(21)12(3)20-9-17-8-18-20/h6-9,11-12H,1-5H3,(H,19,21)/t11-,12-/m1/s1. The third-order valence-electron chi connectivity index (χ3n) is 3.81.